The zero-order chi connectivity index (χ0) is 16.4. The van der Waals surface area contributed by atoms with Crippen molar-refractivity contribution >= 4 is 11.9 Å². The Bertz CT molecular complexity index is 412. The van der Waals surface area contributed by atoms with E-state index in [1.165, 1.54) is 6.92 Å². The van der Waals surface area contributed by atoms with E-state index in [1.54, 1.807) is 0 Å². The third-order valence-electron chi connectivity index (χ3n) is 2.08. The highest BCUT2D eigenvalue weighted by Gasteiger charge is 2.58. The number of hydrogen-bond donors (Lipinski definition) is 0. The number of halogens is 5. The van der Waals surface area contributed by atoms with Gasteiger partial charge in [-0.25, -0.2) is 9.59 Å². The van der Waals surface area contributed by atoms with Crippen LogP contribution in [0.15, 0.2) is 12.2 Å². The summed E-state index contributed by atoms with van der Waals surface area (Å²) in [6, 6.07) is 0. The van der Waals surface area contributed by atoms with E-state index in [0.717, 1.165) is 0 Å². The fourth-order valence-electron chi connectivity index (χ4n) is 0.867. The summed E-state index contributed by atoms with van der Waals surface area (Å²) in [5, 5.41) is 0. The van der Waals surface area contributed by atoms with E-state index in [4.69, 9.17) is 0 Å². The summed E-state index contributed by atoms with van der Waals surface area (Å²) in [4.78, 5) is 22.2. The van der Waals surface area contributed by atoms with Crippen LogP contribution < -0.4 is 0 Å². The van der Waals surface area contributed by atoms with Gasteiger partial charge < -0.3 is 9.47 Å². The fourth-order valence-corrected chi connectivity index (χ4v) is 0.867. The molecule has 0 fully saturated rings. The Kier molecular flexibility index (Phi) is 5.28. The number of carbonyl (C=O) groups is 2. The molecule has 0 radical (unpaired) electrons. The van der Waals surface area contributed by atoms with Crippen molar-refractivity contribution in [1.82, 2.24) is 0 Å². The second kappa shape index (κ2) is 5.76. The summed E-state index contributed by atoms with van der Waals surface area (Å²) in [5.74, 6) is -8.10. The van der Waals surface area contributed by atoms with Crippen molar-refractivity contribution in [2.75, 3.05) is 6.61 Å². The molecule has 0 saturated carbocycles. The second-order valence-corrected chi connectivity index (χ2v) is 4.45. The van der Waals surface area contributed by atoms with Crippen LogP contribution in [-0.2, 0) is 19.1 Å². The van der Waals surface area contributed by atoms with Crippen molar-refractivity contribution in [2.45, 2.75) is 38.5 Å². The Morgan fingerprint density at radius 2 is 1.55 bits per heavy atom. The molecule has 0 aliphatic rings. The summed E-state index contributed by atoms with van der Waals surface area (Å²) in [5.41, 5.74) is -2.90. The van der Waals surface area contributed by atoms with Crippen molar-refractivity contribution in [1.29, 1.82) is 0 Å². The molecular formula is C11H13F5O4. The van der Waals surface area contributed by atoms with Crippen LogP contribution in [0.3, 0.4) is 0 Å². The monoisotopic (exact) mass is 304 g/mol. The highest BCUT2D eigenvalue weighted by Crippen LogP contribution is 2.34. The van der Waals surface area contributed by atoms with Gasteiger partial charge >= 0.3 is 24.0 Å². The van der Waals surface area contributed by atoms with Crippen molar-refractivity contribution in [3.8, 4) is 0 Å². The van der Waals surface area contributed by atoms with Crippen LogP contribution in [0.1, 0.15) is 20.8 Å². The lowest BCUT2D eigenvalue weighted by molar-refractivity contribution is -0.230. The zero-order valence-corrected chi connectivity index (χ0v) is 10.9. The molecule has 0 amide bonds. The summed E-state index contributed by atoms with van der Waals surface area (Å²) in [7, 11) is 0. The van der Waals surface area contributed by atoms with Gasteiger partial charge in [0.2, 0.25) is 0 Å². The smallest absolute Gasteiger partial charge is 0.422 e. The van der Waals surface area contributed by atoms with Crippen LogP contribution in [0.4, 0.5) is 22.0 Å². The van der Waals surface area contributed by atoms with E-state index in [9.17, 15) is 31.5 Å². The quantitative estimate of drug-likeness (QED) is 0.445. The van der Waals surface area contributed by atoms with E-state index in [1.807, 2.05) is 0 Å². The van der Waals surface area contributed by atoms with E-state index >= 15 is 0 Å². The predicted molar refractivity (Wildman–Crippen MR) is 56.9 cm³/mol. The molecule has 20 heavy (non-hydrogen) atoms. The van der Waals surface area contributed by atoms with E-state index in [0.29, 0.717) is 13.8 Å². The molecule has 9 heteroatoms. The van der Waals surface area contributed by atoms with Gasteiger partial charge in [-0.15, -0.1) is 0 Å². The standard InChI is InChI=1S/C11H13F5O4/c1-6(2)7(17)20-9(3,4)11(15,16)8(18)19-5-10(12,13)14/h1,5H2,2-4H3. The molecule has 0 aromatic carbocycles. The van der Waals surface area contributed by atoms with E-state index < -0.39 is 36.2 Å². The van der Waals surface area contributed by atoms with Gasteiger partial charge in [-0.3, -0.25) is 0 Å². The molecule has 0 saturated heterocycles. The summed E-state index contributed by atoms with van der Waals surface area (Å²) in [6.45, 7) is 3.51. The first-order valence-electron chi connectivity index (χ1n) is 5.21. The summed E-state index contributed by atoms with van der Waals surface area (Å²) < 4.78 is 70.5. The maximum Gasteiger partial charge on any atom is 0.422 e. The zero-order valence-electron chi connectivity index (χ0n) is 10.9. The summed E-state index contributed by atoms with van der Waals surface area (Å²) in [6.07, 6.45) is -4.94. The van der Waals surface area contributed by atoms with Gasteiger partial charge in [0.15, 0.2) is 12.2 Å². The number of hydrogen-bond acceptors (Lipinski definition) is 4. The predicted octanol–water partition coefficient (Wildman–Crippen LogP) is 2.63. The highest BCUT2D eigenvalue weighted by atomic mass is 19.4. The first kappa shape index (κ1) is 18.3. The third-order valence-corrected chi connectivity index (χ3v) is 2.08. The maximum absolute atomic E-state index is 13.6. The van der Waals surface area contributed by atoms with Crippen LogP contribution >= 0.6 is 0 Å². The van der Waals surface area contributed by atoms with Crippen LogP contribution in [0.2, 0.25) is 0 Å². The second-order valence-electron chi connectivity index (χ2n) is 4.45. The first-order chi connectivity index (χ1) is 8.71. The molecule has 0 spiro atoms. The lowest BCUT2D eigenvalue weighted by Crippen LogP contribution is -2.53. The fraction of sp³-hybridized carbons (Fsp3) is 0.636. The molecule has 0 N–H and O–H groups in total. The molecule has 0 aromatic heterocycles. The largest absolute Gasteiger partial charge is 0.451 e. The molecule has 0 bridgehead atoms. The Balaban J connectivity index is 4.95. The van der Waals surface area contributed by atoms with Gasteiger partial charge in [-0.05, 0) is 20.8 Å². The number of rotatable bonds is 5. The molecule has 0 aliphatic carbocycles. The Morgan fingerprint density at radius 3 is 1.90 bits per heavy atom. The molecule has 0 heterocycles. The third kappa shape index (κ3) is 4.78. The molecule has 0 aliphatic heterocycles. The molecule has 116 valence electrons. The first-order valence-corrected chi connectivity index (χ1v) is 5.21. The average molecular weight is 304 g/mol. The highest BCUT2D eigenvalue weighted by molar-refractivity contribution is 5.88. The minimum absolute atomic E-state index is 0.211. The number of carbonyl (C=O) groups excluding carboxylic acids is 2. The summed E-state index contributed by atoms with van der Waals surface area (Å²) >= 11 is 0. The minimum atomic E-state index is -4.94. The van der Waals surface area contributed by atoms with Crippen molar-refractivity contribution in [3.05, 3.63) is 12.2 Å². The van der Waals surface area contributed by atoms with Gasteiger partial charge in [0.05, 0.1) is 0 Å². The number of esters is 2. The SMILES string of the molecule is C=C(C)C(=O)OC(C)(C)C(F)(F)C(=O)OCC(F)(F)F. The lowest BCUT2D eigenvalue weighted by Gasteiger charge is -2.31. The van der Waals surface area contributed by atoms with Crippen molar-refractivity contribution in [3.63, 3.8) is 0 Å². The van der Waals surface area contributed by atoms with Gasteiger partial charge in [0.1, 0.15) is 0 Å². The Hall–Kier alpha value is -1.67. The van der Waals surface area contributed by atoms with E-state index in [-0.39, 0.29) is 5.57 Å². The maximum atomic E-state index is 13.6. The van der Waals surface area contributed by atoms with Crippen LogP contribution in [-0.4, -0.2) is 36.2 Å². The van der Waals surface area contributed by atoms with Gasteiger partial charge in [-0.1, -0.05) is 6.58 Å². The van der Waals surface area contributed by atoms with Crippen molar-refractivity contribution < 1.29 is 41.0 Å². The van der Waals surface area contributed by atoms with Crippen LogP contribution in [0.25, 0.3) is 0 Å². The average Bonchev–Trinajstić information content (AvgIpc) is 2.23. The van der Waals surface area contributed by atoms with Gasteiger partial charge in [0.25, 0.3) is 0 Å². The minimum Gasteiger partial charge on any atom is -0.451 e. The van der Waals surface area contributed by atoms with E-state index in [2.05, 4.69) is 16.1 Å². The topological polar surface area (TPSA) is 52.6 Å². The number of alkyl halides is 5. The Labute approximate surface area is 111 Å². The van der Waals surface area contributed by atoms with Crippen LogP contribution in [0.5, 0.6) is 0 Å². The molecular weight excluding hydrogens is 291 g/mol. The number of ether oxygens (including phenoxy) is 2. The van der Waals surface area contributed by atoms with Crippen molar-refractivity contribution in [2.24, 2.45) is 0 Å². The normalized spacial score (nSPS) is 12.8. The van der Waals surface area contributed by atoms with Gasteiger partial charge in [-0.2, -0.15) is 22.0 Å². The lowest BCUT2D eigenvalue weighted by atomic mass is 10.0. The molecule has 0 aromatic rings. The molecule has 0 rings (SSSR count). The Morgan fingerprint density at radius 1 is 1.10 bits per heavy atom. The van der Waals surface area contributed by atoms with Crippen LogP contribution in [0, 0.1) is 0 Å². The molecule has 0 unspecified atom stereocenters. The molecule has 4 nitrogen and oxygen atoms in total. The molecule has 0 atom stereocenters. The van der Waals surface area contributed by atoms with Gasteiger partial charge in [0, 0.05) is 5.57 Å².